The summed E-state index contributed by atoms with van der Waals surface area (Å²) in [4.78, 5) is 25.4. The largest absolute Gasteiger partial charge is 0.345 e. The molecule has 0 saturated carbocycles. The molecule has 1 unspecified atom stereocenters. The maximum absolute atomic E-state index is 12.0. The minimum atomic E-state index is -0.582. The molecule has 1 atom stereocenters. The van der Waals surface area contributed by atoms with Crippen molar-refractivity contribution in [1.82, 2.24) is 10.2 Å². The van der Waals surface area contributed by atoms with Crippen molar-refractivity contribution in [3.8, 4) is 0 Å². The van der Waals surface area contributed by atoms with Crippen molar-refractivity contribution < 1.29 is 9.59 Å². The molecule has 2 amide bonds. The van der Waals surface area contributed by atoms with Gasteiger partial charge in [0.1, 0.15) is 6.04 Å². The van der Waals surface area contributed by atoms with Gasteiger partial charge in [-0.2, -0.15) is 0 Å². The van der Waals surface area contributed by atoms with Crippen LogP contribution in [0.3, 0.4) is 0 Å². The third-order valence-corrected chi connectivity index (χ3v) is 3.00. The van der Waals surface area contributed by atoms with E-state index in [1.54, 1.807) is 0 Å². The van der Waals surface area contributed by atoms with Crippen molar-refractivity contribution in [2.45, 2.75) is 6.04 Å². The zero-order chi connectivity index (χ0) is 13.1. The van der Waals surface area contributed by atoms with E-state index in [1.807, 2.05) is 30.3 Å². The first-order valence-corrected chi connectivity index (χ1v) is 6.34. The average molecular weight is 309 g/mol. The van der Waals surface area contributed by atoms with Crippen LogP contribution < -0.4 is 5.32 Å². The first-order valence-electron chi connectivity index (χ1n) is 5.55. The van der Waals surface area contributed by atoms with Crippen LogP contribution in [0.15, 0.2) is 41.4 Å². The summed E-state index contributed by atoms with van der Waals surface area (Å²) in [5, 5.41) is 2.61. The number of piperazine rings is 1. The van der Waals surface area contributed by atoms with Gasteiger partial charge in [0.15, 0.2) is 0 Å². The van der Waals surface area contributed by atoms with Gasteiger partial charge in [-0.3, -0.25) is 9.59 Å². The van der Waals surface area contributed by atoms with E-state index in [2.05, 4.69) is 27.8 Å². The fraction of sp³-hybridized carbons (Fsp3) is 0.231. The van der Waals surface area contributed by atoms with Crippen molar-refractivity contribution >= 4 is 27.7 Å². The Labute approximate surface area is 114 Å². The van der Waals surface area contributed by atoms with Gasteiger partial charge in [-0.05, 0) is 5.56 Å². The summed E-state index contributed by atoms with van der Waals surface area (Å²) in [6.45, 7) is 4.10. The first-order chi connectivity index (χ1) is 8.59. The van der Waals surface area contributed by atoms with Crippen LogP contribution in [0.25, 0.3) is 0 Å². The average Bonchev–Trinajstić information content (AvgIpc) is 2.35. The molecule has 0 radical (unpaired) electrons. The van der Waals surface area contributed by atoms with Crippen LogP contribution in [0.5, 0.6) is 0 Å². The molecule has 0 bridgehead atoms. The molecule has 2 rings (SSSR count). The lowest BCUT2D eigenvalue weighted by atomic mass is 10.0. The predicted molar refractivity (Wildman–Crippen MR) is 72.0 cm³/mol. The summed E-state index contributed by atoms with van der Waals surface area (Å²) in [5.41, 5.74) is 0.803. The Morgan fingerprint density at radius 1 is 1.39 bits per heavy atom. The molecule has 4 nitrogen and oxygen atoms in total. The quantitative estimate of drug-likeness (QED) is 0.922. The topological polar surface area (TPSA) is 49.4 Å². The van der Waals surface area contributed by atoms with Gasteiger partial charge < -0.3 is 10.2 Å². The Kier molecular flexibility index (Phi) is 3.81. The van der Waals surface area contributed by atoms with Crippen LogP contribution in [0.1, 0.15) is 11.6 Å². The van der Waals surface area contributed by atoms with Crippen molar-refractivity contribution in [2.24, 2.45) is 0 Å². The van der Waals surface area contributed by atoms with E-state index in [1.165, 1.54) is 4.90 Å². The standard InChI is InChI=1S/C13H13BrN2O2/c1-9(14)8-16-11(17)7-15-13(18)12(16)10-5-3-2-4-6-10/h2-6,12H,1,7-8H2,(H,15,18). The summed E-state index contributed by atoms with van der Waals surface area (Å²) in [7, 11) is 0. The van der Waals surface area contributed by atoms with Crippen molar-refractivity contribution in [3.63, 3.8) is 0 Å². The normalized spacial score (nSPS) is 19.6. The lowest BCUT2D eigenvalue weighted by Crippen LogP contribution is -2.53. The van der Waals surface area contributed by atoms with Crippen LogP contribution in [-0.4, -0.2) is 29.8 Å². The highest BCUT2D eigenvalue weighted by Crippen LogP contribution is 2.25. The Morgan fingerprint density at radius 3 is 2.67 bits per heavy atom. The summed E-state index contributed by atoms with van der Waals surface area (Å²) >= 11 is 3.24. The van der Waals surface area contributed by atoms with Gasteiger partial charge >= 0.3 is 0 Å². The molecule has 0 aliphatic carbocycles. The van der Waals surface area contributed by atoms with Gasteiger partial charge in [0.25, 0.3) is 0 Å². The maximum atomic E-state index is 12.0. The molecule has 1 aliphatic rings. The number of nitrogens with one attached hydrogen (secondary N) is 1. The van der Waals surface area contributed by atoms with Crippen LogP contribution in [0.2, 0.25) is 0 Å². The zero-order valence-corrected chi connectivity index (χ0v) is 11.3. The number of carbonyl (C=O) groups is 2. The number of halogens is 1. The Morgan fingerprint density at radius 2 is 2.06 bits per heavy atom. The molecule has 1 aromatic rings. The molecule has 1 N–H and O–H groups in total. The molecule has 18 heavy (non-hydrogen) atoms. The number of nitrogens with zero attached hydrogens (tertiary/aromatic N) is 1. The lowest BCUT2D eigenvalue weighted by molar-refractivity contribution is -0.145. The van der Waals surface area contributed by atoms with E-state index in [0.717, 1.165) is 5.56 Å². The minimum absolute atomic E-state index is 0.0441. The molecule has 1 aromatic carbocycles. The van der Waals surface area contributed by atoms with E-state index in [-0.39, 0.29) is 18.4 Å². The molecule has 1 aliphatic heterocycles. The number of benzene rings is 1. The molecule has 94 valence electrons. The number of amides is 2. The van der Waals surface area contributed by atoms with Crippen LogP contribution in [0.4, 0.5) is 0 Å². The molecule has 1 heterocycles. The van der Waals surface area contributed by atoms with E-state index in [9.17, 15) is 9.59 Å². The zero-order valence-electron chi connectivity index (χ0n) is 9.73. The highest BCUT2D eigenvalue weighted by molar-refractivity contribution is 9.11. The van der Waals surface area contributed by atoms with Crippen LogP contribution in [-0.2, 0) is 9.59 Å². The Bertz CT molecular complexity index is 487. The summed E-state index contributed by atoms with van der Waals surface area (Å²) < 4.78 is 0.673. The van der Waals surface area contributed by atoms with E-state index >= 15 is 0 Å². The predicted octanol–water partition coefficient (Wildman–Crippen LogP) is 1.59. The smallest absolute Gasteiger partial charge is 0.247 e. The fourth-order valence-electron chi connectivity index (χ4n) is 1.98. The number of rotatable bonds is 3. The molecule has 0 aromatic heterocycles. The summed E-state index contributed by atoms with van der Waals surface area (Å²) in [6.07, 6.45) is 0. The van der Waals surface area contributed by atoms with E-state index in [0.29, 0.717) is 11.0 Å². The van der Waals surface area contributed by atoms with Gasteiger partial charge in [-0.25, -0.2) is 0 Å². The molecule has 0 spiro atoms. The number of carbonyl (C=O) groups excluding carboxylic acids is 2. The molecule has 5 heteroatoms. The minimum Gasteiger partial charge on any atom is -0.345 e. The lowest BCUT2D eigenvalue weighted by Gasteiger charge is -2.35. The third-order valence-electron chi connectivity index (χ3n) is 2.75. The molecule has 1 fully saturated rings. The highest BCUT2D eigenvalue weighted by atomic mass is 79.9. The van der Waals surface area contributed by atoms with Gasteiger partial charge in [0, 0.05) is 4.48 Å². The van der Waals surface area contributed by atoms with Gasteiger partial charge in [0.05, 0.1) is 13.1 Å². The van der Waals surface area contributed by atoms with Crippen molar-refractivity contribution in [1.29, 1.82) is 0 Å². The highest BCUT2D eigenvalue weighted by Gasteiger charge is 2.35. The third kappa shape index (κ3) is 2.61. The van der Waals surface area contributed by atoms with E-state index < -0.39 is 6.04 Å². The Hall–Kier alpha value is -1.62. The summed E-state index contributed by atoms with van der Waals surface area (Å²) in [5.74, 6) is -0.265. The first kappa shape index (κ1) is 12.8. The second-order valence-corrected chi connectivity index (χ2v) is 5.19. The number of hydrogen-bond donors (Lipinski definition) is 1. The van der Waals surface area contributed by atoms with E-state index in [4.69, 9.17) is 0 Å². The summed E-state index contributed by atoms with van der Waals surface area (Å²) in [6, 6.07) is 8.67. The van der Waals surface area contributed by atoms with Crippen LogP contribution in [0, 0.1) is 0 Å². The monoisotopic (exact) mass is 308 g/mol. The molecule has 1 saturated heterocycles. The van der Waals surface area contributed by atoms with Crippen molar-refractivity contribution in [2.75, 3.05) is 13.1 Å². The number of hydrogen-bond acceptors (Lipinski definition) is 2. The Balaban J connectivity index is 2.35. The van der Waals surface area contributed by atoms with Gasteiger partial charge in [-0.1, -0.05) is 52.8 Å². The maximum Gasteiger partial charge on any atom is 0.247 e. The fourth-order valence-corrected chi connectivity index (χ4v) is 2.25. The second-order valence-electron chi connectivity index (χ2n) is 4.07. The van der Waals surface area contributed by atoms with Crippen molar-refractivity contribution in [3.05, 3.63) is 47.0 Å². The van der Waals surface area contributed by atoms with Gasteiger partial charge in [0.2, 0.25) is 11.8 Å². The second kappa shape index (κ2) is 5.35. The molecular weight excluding hydrogens is 296 g/mol. The molecular formula is C13H13BrN2O2. The SMILES string of the molecule is C=C(Br)CN1C(=O)CNC(=O)C1c1ccccc1. The van der Waals surface area contributed by atoms with Crippen LogP contribution >= 0.6 is 15.9 Å². The van der Waals surface area contributed by atoms with Gasteiger partial charge in [-0.15, -0.1) is 0 Å².